The molecule has 0 radical (unpaired) electrons. The van der Waals surface area contributed by atoms with Crippen LogP contribution in [0.2, 0.25) is 0 Å². The van der Waals surface area contributed by atoms with Gasteiger partial charge in [-0.15, -0.1) is 0 Å². The van der Waals surface area contributed by atoms with Crippen LogP contribution in [0.15, 0.2) is 28.7 Å². The van der Waals surface area contributed by atoms with Crippen LogP contribution < -0.4 is 5.73 Å². The van der Waals surface area contributed by atoms with E-state index in [9.17, 15) is 4.79 Å². The van der Waals surface area contributed by atoms with E-state index in [2.05, 4.69) is 15.9 Å². The molecule has 80 valence electrons. The maximum absolute atomic E-state index is 11.6. The summed E-state index contributed by atoms with van der Waals surface area (Å²) >= 11 is 3.47. The van der Waals surface area contributed by atoms with E-state index < -0.39 is 0 Å². The van der Waals surface area contributed by atoms with Crippen molar-refractivity contribution < 1.29 is 4.79 Å². The average molecular weight is 269 g/mol. The summed E-state index contributed by atoms with van der Waals surface area (Å²) in [5.74, 6) is 0.0609. The molecule has 1 fully saturated rings. The van der Waals surface area contributed by atoms with Crippen LogP contribution in [0.3, 0.4) is 0 Å². The number of carbonyl (C=O) groups is 1. The summed E-state index contributed by atoms with van der Waals surface area (Å²) in [6, 6.07) is 7.63. The van der Waals surface area contributed by atoms with Crippen LogP contribution in [0.5, 0.6) is 0 Å². The summed E-state index contributed by atoms with van der Waals surface area (Å²) < 4.78 is 1.04. The lowest BCUT2D eigenvalue weighted by atomic mass is 10.2. The first-order valence-electron chi connectivity index (χ1n) is 4.96. The van der Waals surface area contributed by atoms with Gasteiger partial charge in [0.2, 0.25) is 5.91 Å². The number of carbonyl (C=O) groups excluding carboxylic acids is 1. The predicted molar refractivity (Wildman–Crippen MR) is 62.2 cm³/mol. The molecule has 1 atom stereocenters. The standard InChI is InChI=1S/C11H13BrN2O/c12-9-4-2-1-3-8(9)7-14-6-5-10(13)11(14)15/h1-4,10H,5-7,13H2. The Hall–Kier alpha value is -0.870. The molecule has 1 aromatic rings. The quantitative estimate of drug-likeness (QED) is 0.884. The lowest BCUT2D eigenvalue weighted by molar-refractivity contribution is -0.129. The van der Waals surface area contributed by atoms with Crippen LogP contribution in [0.1, 0.15) is 12.0 Å². The van der Waals surface area contributed by atoms with E-state index in [0.717, 1.165) is 23.0 Å². The smallest absolute Gasteiger partial charge is 0.239 e. The Morgan fingerprint density at radius 3 is 2.80 bits per heavy atom. The van der Waals surface area contributed by atoms with E-state index in [1.807, 2.05) is 29.2 Å². The van der Waals surface area contributed by atoms with Gasteiger partial charge >= 0.3 is 0 Å². The van der Waals surface area contributed by atoms with E-state index in [1.165, 1.54) is 0 Å². The molecular formula is C11H13BrN2O. The van der Waals surface area contributed by atoms with Crippen molar-refractivity contribution >= 4 is 21.8 Å². The van der Waals surface area contributed by atoms with Crippen LogP contribution in [-0.2, 0) is 11.3 Å². The first-order chi connectivity index (χ1) is 7.18. The number of likely N-dealkylation sites (tertiary alicyclic amines) is 1. The molecule has 2 N–H and O–H groups in total. The van der Waals surface area contributed by atoms with E-state index in [1.54, 1.807) is 0 Å². The minimum atomic E-state index is -0.299. The molecule has 1 saturated heterocycles. The highest BCUT2D eigenvalue weighted by Crippen LogP contribution is 2.20. The third-order valence-corrected chi connectivity index (χ3v) is 3.43. The van der Waals surface area contributed by atoms with Gasteiger partial charge in [0.15, 0.2) is 0 Å². The fourth-order valence-corrected chi connectivity index (χ4v) is 2.16. The molecule has 15 heavy (non-hydrogen) atoms. The number of nitrogens with two attached hydrogens (primary N) is 1. The SMILES string of the molecule is NC1CCN(Cc2ccccc2Br)C1=O. The fourth-order valence-electron chi connectivity index (χ4n) is 1.75. The zero-order chi connectivity index (χ0) is 10.8. The second-order valence-electron chi connectivity index (χ2n) is 3.75. The summed E-state index contributed by atoms with van der Waals surface area (Å²) in [5, 5.41) is 0. The van der Waals surface area contributed by atoms with Crippen LogP contribution in [0.4, 0.5) is 0 Å². The molecule has 1 amide bonds. The minimum absolute atomic E-state index is 0.0609. The highest BCUT2D eigenvalue weighted by atomic mass is 79.9. The van der Waals surface area contributed by atoms with Crippen molar-refractivity contribution in [3.63, 3.8) is 0 Å². The van der Waals surface area contributed by atoms with Gasteiger partial charge in [-0.05, 0) is 18.1 Å². The van der Waals surface area contributed by atoms with Crippen LogP contribution in [0.25, 0.3) is 0 Å². The van der Waals surface area contributed by atoms with Gasteiger partial charge in [-0.1, -0.05) is 34.1 Å². The average Bonchev–Trinajstić information content (AvgIpc) is 2.53. The Bertz CT molecular complexity index is 381. The molecule has 1 aliphatic heterocycles. The van der Waals surface area contributed by atoms with Crippen molar-refractivity contribution in [1.29, 1.82) is 0 Å². The number of rotatable bonds is 2. The van der Waals surface area contributed by atoms with Crippen molar-refractivity contribution in [2.24, 2.45) is 5.73 Å². The molecule has 1 aromatic carbocycles. The first-order valence-corrected chi connectivity index (χ1v) is 5.75. The number of hydrogen-bond donors (Lipinski definition) is 1. The lowest BCUT2D eigenvalue weighted by Crippen LogP contribution is -2.33. The second-order valence-corrected chi connectivity index (χ2v) is 4.60. The normalized spacial score (nSPS) is 21.1. The third-order valence-electron chi connectivity index (χ3n) is 2.66. The molecule has 1 unspecified atom stereocenters. The maximum Gasteiger partial charge on any atom is 0.239 e. The zero-order valence-corrected chi connectivity index (χ0v) is 9.90. The molecular weight excluding hydrogens is 256 g/mol. The number of benzene rings is 1. The zero-order valence-electron chi connectivity index (χ0n) is 8.32. The van der Waals surface area contributed by atoms with Gasteiger partial charge in [0, 0.05) is 17.6 Å². The summed E-state index contributed by atoms with van der Waals surface area (Å²) in [7, 11) is 0. The van der Waals surface area contributed by atoms with Crippen molar-refractivity contribution in [3.8, 4) is 0 Å². The highest BCUT2D eigenvalue weighted by molar-refractivity contribution is 9.10. The van der Waals surface area contributed by atoms with E-state index in [0.29, 0.717) is 6.54 Å². The molecule has 0 aromatic heterocycles. The van der Waals surface area contributed by atoms with Crippen LogP contribution in [-0.4, -0.2) is 23.4 Å². The molecule has 3 nitrogen and oxygen atoms in total. The van der Waals surface area contributed by atoms with Gasteiger partial charge in [0.25, 0.3) is 0 Å². The minimum Gasteiger partial charge on any atom is -0.337 e. The van der Waals surface area contributed by atoms with Gasteiger partial charge in [0.1, 0.15) is 0 Å². The Kier molecular flexibility index (Phi) is 3.07. The highest BCUT2D eigenvalue weighted by Gasteiger charge is 2.28. The number of hydrogen-bond acceptors (Lipinski definition) is 2. The number of halogens is 1. The fraction of sp³-hybridized carbons (Fsp3) is 0.364. The van der Waals surface area contributed by atoms with Gasteiger partial charge < -0.3 is 10.6 Å². The first kappa shape index (κ1) is 10.6. The topological polar surface area (TPSA) is 46.3 Å². The summed E-state index contributed by atoms with van der Waals surface area (Å²) in [5.41, 5.74) is 6.78. The third kappa shape index (κ3) is 2.21. The number of amides is 1. The predicted octanol–water partition coefficient (Wildman–Crippen LogP) is 1.51. The van der Waals surface area contributed by atoms with Gasteiger partial charge in [-0.2, -0.15) is 0 Å². The molecule has 0 aliphatic carbocycles. The van der Waals surface area contributed by atoms with Crippen molar-refractivity contribution in [2.45, 2.75) is 19.0 Å². The van der Waals surface area contributed by atoms with Gasteiger partial charge in [-0.3, -0.25) is 4.79 Å². The van der Waals surface area contributed by atoms with Gasteiger partial charge in [-0.25, -0.2) is 0 Å². The molecule has 1 aliphatic rings. The van der Waals surface area contributed by atoms with E-state index in [4.69, 9.17) is 5.73 Å². The molecule has 0 saturated carbocycles. The van der Waals surface area contributed by atoms with Crippen LogP contribution >= 0.6 is 15.9 Å². The van der Waals surface area contributed by atoms with Crippen molar-refractivity contribution in [3.05, 3.63) is 34.3 Å². The molecule has 0 spiro atoms. The lowest BCUT2D eigenvalue weighted by Gasteiger charge is -2.16. The summed E-state index contributed by atoms with van der Waals surface area (Å²) in [6.07, 6.45) is 0.767. The van der Waals surface area contributed by atoms with Crippen molar-refractivity contribution in [1.82, 2.24) is 4.90 Å². The number of nitrogens with zero attached hydrogens (tertiary/aromatic N) is 1. The summed E-state index contributed by atoms with van der Waals surface area (Å²) in [6.45, 7) is 1.41. The Balaban J connectivity index is 2.10. The Labute approximate surface area is 97.4 Å². The Morgan fingerprint density at radius 1 is 1.47 bits per heavy atom. The largest absolute Gasteiger partial charge is 0.337 e. The maximum atomic E-state index is 11.6. The summed E-state index contributed by atoms with van der Waals surface area (Å²) in [4.78, 5) is 13.4. The second kappa shape index (κ2) is 4.33. The molecule has 1 heterocycles. The van der Waals surface area contributed by atoms with Gasteiger partial charge in [0.05, 0.1) is 6.04 Å². The van der Waals surface area contributed by atoms with E-state index in [-0.39, 0.29) is 11.9 Å². The molecule has 2 rings (SSSR count). The molecule has 0 bridgehead atoms. The van der Waals surface area contributed by atoms with Crippen molar-refractivity contribution in [2.75, 3.05) is 6.54 Å². The van der Waals surface area contributed by atoms with Crippen LogP contribution in [0, 0.1) is 0 Å². The molecule has 4 heteroatoms. The van der Waals surface area contributed by atoms with E-state index >= 15 is 0 Å². The monoisotopic (exact) mass is 268 g/mol. The Morgan fingerprint density at radius 2 is 2.20 bits per heavy atom.